The van der Waals surface area contributed by atoms with E-state index < -0.39 is 29.6 Å². The Kier molecular flexibility index (Phi) is 5.18. The van der Waals surface area contributed by atoms with Crippen molar-refractivity contribution < 1.29 is 28.2 Å². The maximum absolute atomic E-state index is 13.1. The van der Waals surface area contributed by atoms with Crippen molar-refractivity contribution in [2.75, 3.05) is 13.1 Å². The van der Waals surface area contributed by atoms with Crippen LogP contribution in [0.25, 0.3) is 0 Å². The SMILES string of the molecule is CC(Oc1ccc(F)c(F)c1)C(=O)N1CCC(C(=O)O)C(C)C1. The summed E-state index contributed by atoms with van der Waals surface area (Å²) in [6.45, 7) is 3.99. The van der Waals surface area contributed by atoms with Crippen molar-refractivity contribution in [1.29, 1.82) is 0 Å². The van der Waals surface area contributed by atoms with Gasteiger partial charge in [-0.05, 0) is 31.4 Å². The summed E-state index contributed by atoms with van der Waals surface area (Å²) in [6.07, 6.45) is -0.478. The summed E-state index contributed by atoms with van der Waals surface area (Å²) < 4.78 is 31.4. The number of ether oxygens (including phenoxy) is 1. The minimum absolute atomic E-state index is 0.0678. The maximum Gasteiger partial charge on any atom is 0.306 e. The number of likely N-dealkylation sites (tertiary alicyclic amines) is 1. The average molecular weight is 327 g/mol. The van der Waals surface area contributed by atoms with Gasteiger partial charge < -0.3 is 14.7 Å². The van der Waals surface area contributed by atoms with Crippen LogP contribution in [0.1, 0.15) is 20.3 Å². The van der Waals surface area contributed by atoms with Gasteiger partial charge in [-0.1, -0.05) is 6.92 Å². The zero-order chi connectivity index (χ0) is 17.1. The van der Waals surface area contributed by atoms with E-state index in [1.165, 1.54) is 13.0 Å². The van der Waals surface area contributed by atoms with Gasteiger partial charge in [0.1, 0.15) is 5.75 Å². The summed E-state index contributed by atoms with van der Waals surface area (Å²) in [5.74, 6) is -3.72. The number of hydrogen-bond acceptors (Lipinski definition) is 3. The fourth-order valence-electron chi connectivity index (χ4n) is 2.77. The second-order valence-corrected chi connectivity index (χ2v) is 5.83. The molecule has 1 heterocycles. The lowest BCUT2D eigenvalue weighted by molar-refractivity contribution is -0.150. The number of carbonyl (C=O) groups excluding carboxylic acids is 1. The third-order valence-electron chi connectivity index (χ3n) is 4.09. The van der Waals surface area contributed by atoms with E-state index in [0.717, 1.165) is 12.1 Å². The van der Waals surface area contributed by atoms with E-state index in [1.54, 1.807) is 11.8 Å². The Morgan fingerprint density at radius 1 is 1.35 bits per heavy atom. The van der Waals surface area contributed by atoms with Crippen LogP contribution in [-0.2, 0) is 9.59 Å². The van der Waals surface area contributed by atoms with Gasteiger partial charge in [-0.25, -0.2) is 8.78 Å². The normalized spacial score (nSPS) is 22.5. The highest BCUT2D eigenvalue weighted by atomic mass is 19.2. The van der Waals surface area contributed by atoms with Crippen LogP contribution in [-0.4, -0.2) is 41.1 Å². The first-order valence-corrected chi connectivity index (χ1v) is 7.43. The Balaban J connectivity index is 1.97. The molecule has 3 unspecified atom stereocenters. The molecule has 23 heavy (non-hydrogen) atoms. The van der Waals surface area contributed by atoms with Crippen LogP contribution >= 0.6 is 0 Å². The number of nitrogens with zero attached hydrogens (tertiary/aromatic N) is 1. The van der Waals surface area contributed by atoms with Gasteiger partial charge >= 0.3 is 5.97 Å². The number of piperidine rings is 1. The molecule has 1 amide bonds. The first kappa shape index (κ1) is 17.2. The van der Waals surface area contributed by atoms with Crippen LogP contribution in [0.2, 0.25) is 0 Å². The number of hydrogen-bond donors (Lipinski definition) is 1. The molecular weight excluding hydrogens is 308 g/mol. The first-order chi connectivity index (χ1) is 10.8. The lowest BCUT2D eigenvalue weighted by Gasteiger charge is -2.36. The number of benzene rings is 1. The molecule has 0 spiro atoms. The van der Waals surface area contributed by atoms with Gasteiger partial charge in [0.25, 0.3) is 5.91 Å². The fraction of sp³-hybridized carbons (Fsp3) is 0.500. The van der Waals surface area contributed by atoms with Crippen molar-refractivity contribution in [3.05, 3.63) is 29.8 Å². The van der Waals surface area contributed by atoms with Crippen molar-refractivity contribution in [1.82, 2.24) is 4.90 Å². The Bertz CT molecular complexity index is 608. The van der Waals surface area contributed by atoms with Gasteiger partial charge in [0.05, 0.1) is 5.92 Å². The highest BCUT2D eigenvalue weighted by molar-refractivity contribution is 5.81. The van der Waals surface area contributed by atoms with Gasteiger partial charge in [-0.2, -0.15) is 0 Å². The molecule has 1 aromatic rings. The molecule has 5 nitrogen and oxygen atoms in total. The van der Waals surface area contributed by atoms with Gasteiger partial charge in [-0.3, -0.25) is 9.59 Å². The van der Waals surface area contributed by atoms with Gasteiger partial charge in [-0.15, -0.1) is 0 Å². The summed E-state index contributed by atoms with van der Waals surface area (Å²) >= 11 is 0. The molecule has 0 radical (unpaired) electrons. The molecule has 1 saturated heterocycles. The van der Waals surface area contributed by atoms with E-state index in [9.17, 15) is 18.4 Å². The van der Waals surface area contributed by atoms with E-state index in [0.29, 0.717) is 19.5 Å². The summed E-state index contributed by atoms with van der Waals surface area (Å²) in [7, 11) is 0. The lowest BCUT2D eigenvalue weighted by Crippen LogP contribution is -2.49. The number of amides is 1. The van der Waals surface area contributed by atoms with Crippen LogP contribution in [0, 0.1) is 23.5 Å². The summed E-state index contributed by atoms with van der Waals surface area (Å²) in [5, 5.41) is 9.09. The summed E-state index contributed by atoms with van der Waals surface area (Å²) in [6, 6.07) is 3.07. The van der Waals surface area contributed by atoms with Crippen molar-refractivity contribution >= 4 is 11.9 Å². The molecule has 0 aromatic heterocycles. The van der Waals surface area contributed by atoms with Crippen molar-refractivity contribution in [3.63, 3.8) is 0 Å². The fourth-order valence-corrected chi connectivity index (χ4v) is 2.77. The Hall–Kier alpha value is -2.18. The zero-order valence-corrected chi connectivity index (χ0v) is 13.0. The minimum Gasteiger partial charge on any atom is -0.481 e. The molecule has 7 heteroatoms. The molecular formula is C16H19F2NO4. The Labute approximate surface area is 132 Å². The largest absolute Gasteiger partial charge is 0.481 e. The number of carboxylic acids is 1. The van der Waals surface area contributed by atoms with E-state index in [1.807, 2.05) is 0 Å². The van der Waals surface area contributed by atoms with Gasteiger partial charge in [0.2, 0.25) is 0 Å². The van der Waals surface area contributed by atoms with Crippen LogP contribution in [0.4, 0.5) is 8.78 Å². The van der Waals surface area contributed by atoms with Crippen LogP contribution in [0.15, 0.2) is 18.2 Å². The predicted octanol–water partition coefficient (Wildman–Crippen LogP) is 2.30. The van der Waals surface area contributed by atoms with Crippen molar-refractivity contribution in [2.45, 2.75) is 26.4 Å². The van der Waals surface area contributed by atoms with Crippen LogP contribution in [0.5, 0.6) is 5.75 Å². The minimum atomic E-state index is -1.04. The van der Waals surface area contributed by atoms with Gasteiger partial charge in [0, 0.05) is 19.2 Å². The monoisotopic (exact) mass is 327 g/mol. The predicted molar refractivity (Wildman–Crippen MR) is 77.9 cm³/mol. The molecule has 1 aromatic carbocycles. The quantitative estimate of drug-likeness (QED) is 0.921. The highest BCUT2D eigenvalue weighted by Crippen LogP contribution is 2.24. The van der Waals surface area contributed by atoms with Crippen molar-refractivity contribution in [2.24, 2.45) is 11.8 Å². The number of carbonyl (C=O) groups is 2. The maximum atomic E-state index is 13.1. The van der Waals surface area contributed by atoms with Crippen LogP contribution in [0.3, 0.4) is 0 Å². The second kappa shape index (κ2) is 6.93. The molecule has 1 fully saturated rings. The average Bonchev–Trinajstić information content (AvgIpc) is 2.49. The number of carboxylic acid groups (broad SMARTS) is 1. The number of aliphatic carboxylic acids is 1. The standard InChI is InChI=1S/C16H19F2NO4/c1-9-8-19(6-5-12(9)16(21)22)15(20)10(2)23-11-3-4-13(17)14(18)7-11/h3-4,7,9-10,12H,5-6,8H2,1-2H3,(H,21,22). The smallest absolute Gasteiger partial charge is 0.306 e. The molecule has 1 N–H and O–H groups in total. The molecule has 0 bridgehead atoms. The third-order valence-corrected chi connectivity index (χ3v) is 4.09. The summed E-state index contributed by atoms with van der Waals surface area (Å²) in [4.78, 5) is 25.0. The van der Waals surface area contributed by atoms with Gasteiger partial charge in [0.15, 0.2) is 17.7 Å². The van der Waals surface area contributed by atoms with E-state index in [2.05, 4.69) is 0 Å². The Morgan fingerprint density at radius 2 is 2.04 bits per heavy atom. The molecule has 0 aliphatic carbocycles. The second-order valence-electron chi connectivity index (χ2n) is 5.83. The molecule has 3 atom stereocenters. The topological polar surface area (TPSA) is 66.8 Å². The molecule has 0 saturated carbocycles. The highest BCUT2D eigenvalue weighted by Gasteiger charge is 2.34. The van der Waals surface area contributed by atoms with Crippen molar-refractivity contribution in [3.8, 4) is 5.75 Å². The zero-order valence-electron chi connectivity index (χ0n) is 13.0. The molecule has 2 rings (SSSR count). The number of rotatable bonds is 4. The van der Waals surface area contributed by atoms with E-state index >= 15 is 0 Å². The van der Waals surface area contributed by atoms with Crippen LogP contribution < -0.4 is 4.74 Å². The molecule has 126 valence electrons. The molecule has 1 aliphatic heterocycles. The lowest BCUT2D eigenvalue weighted by atomic mass is 9.87. The Morgan fingerprint density at radius 3 is 2.61 bits per heavy atom. The first-order valence-electron chi connectivity index (χ1n) is 7.43. The van der Waals surface area contributed by atoms with E-state index in [4.69, 9.17) is 9.84 Å². The van der Waals surface area contributed by atoms with E-state index in [-0.39, 0.29) is 17.6 Å². The summed E-state index contributed by atoms with van der Waals surface area (Å²) in [5.41, 5.74) is 0. The number of halogens is 2. The third kappa shape index (κ3) is 3.97. The molecule has 1 aliphatic rings.